The SMILES string of the molecule is COc1ccc(-c2cc([C@@H]3CCCCCN3Cc3cnn(C)c3)no2)cc1. The van der Waals surface area contributed by atoms with Gasteiger partial charge in [-0.3, -0.25) is 9.58 Å². The van der Waals surface area contributed by atoms with E-state index in [0.29, 0.717) is 0 Å². The van der Waals surface area contributed by atoms with E-state index in [-0.39, 0.29) is 6.04 Å². The Labute approximate surface area is 159 Å². The molecule has 0 saturated carbocycles. The van der Waals surface area contributed by atoms with Crippen LogP contribution in [-0.2, 0) is 13.6 Å². The van der Waals surface area contributed by atoms with Crippen LogP contribution in [0, 0.1) is 0 Å². The van der Waals surface area contributed by atoms with Crippen LogP contribution >= 0.6 is 0 Å². The van der Waals surface area contributed by atoms with Gasteiger partial charge in [0.15, 0.2) is 5.76 Å². The molecule has 1 saturated heterocycles. The predicted molar refractivity (Wildman–Crippen MR) is 103 cm³/mol. The van der Waals surface area contributed by atoms with Crippen LogP contribution < -0.4 is 4.74 Å². The lowest BCUT2D eigenvalue weighted by Crippen LogP contribution is -2.28. The van der Waals surface area contributed by atoms with Crippen LogP contribution in [0.3, 0.4) is 0 Å². The number of rotatable bonds is 5. The molecule has 27 heavy (non-hydrogen) atoms. The number of aromatic nitrogens is 3. The van der Waals surface area contributed by atoms with Gasteiger partial charge >= 0.3 is 0 Å². The molecule has 0 spiro atoms. The van der Waals surface area contributed by atoms with Crippen LogP contribution in [0.25, 0.3) is 11.3 Å². The maximum Gasteiger partial charge on any atom is 0.167 e. The van der Waals surface area contributed by atoms with Crippen LogP contribution in [0.2, 0.25) is 0 Å². The smallest absolute Gasteiger partial charge is 0.167 e. The van der Waals surface area contributed by atoms with Gasteiger partial charge in [0.2, 0.25) is 0 Å². The van der Waals surface area contributed by atoms with Crippen molar-refractivity contribution < 1.29 is 9.26 Å². The van der Waals surface area contributed by atoms with Gasteiger partial charge in [0, 0.05) is 37.0 Å². The van der Waals surface area contributed by atoms with Gasteiger partial charge in [0.1, 0.15) is 11.4 Å². The molecule has 0 radical (unpaired) electrons. The number of benzene rings is 1. The lowest BCUT2D eigenvalue weighted by atomic mass is 10.0. The predicted octanol–water partition coefficient (Wildman–Crippen LogP) is 4.20. The molecule has 3 aromatic rings. The standard InChI is InChI=1S/C21H26N4O2/c1-24-14-16(13-22-24)15-25-11-5-3-4-6-20(25)19-12-21(27-23-19)17-7-9-18(26-2)10-8-17/h7-10,12-14,20H,3-6,11,15H2,1-2H3/t20-/m0/s1. The van der Waals surface area contributed by atoms with Gasteiger partial charge < -0.3 is 9.26 Å². The van der Waals surface area contributed by atoms with Gasteiger partial charge in [0.05, 0.1) is 19.3 Å². The number of methoxy groups -OCH3 is 1. The van der Waals surface area contributed by atoms with E-state index in [2.05, 4.69) is 27.4 Å². The zero-order valence-electron chi connectivity index (χ0n) is 16.0. The van der Waals surface area contributed by atoms with Crippen molar-refractivity contribution in [3.63, 3.8) is 0 Å². The molecule has 6 nitrogen and oxygen atoms in total. The van der Waals surface area contributed by atoms with Crippen molar-refractivity contribution in [1.29, 1.82) is 0 Å². The van der Waals surface area contributed by atoms with Crippen molar-refractivity contribution >= 4 is 0 Å². The molecule has 0 amide bonds. The van der Waals surface area contributed by atoms with E-state index in [0.717, 1.165) is 42.3 Å². The number of hydrogen-bond acceptors (Lipinski definition) is 5. The van der Waals surface area contributed by atoms with Crippen molar-refractivity contribution in [2.75, 3.05) is 13.7 Å². The summed E-state index contributed by atoms with van der Waals surface area (Å²) in [6.45, 7) is 1.97. The third-order valence-corrected chi connectivity index (χ3v) is 5.25. The summed E-state index contributed by atoms with van der Waals surface area (Å²) in [5.74, 6) is 1.64. The Morgan fingerprint density at radius 3 is 2.78 bits per heavy atom. The Balaban J connectivity index is 1.56. The van der Waals surface area contributed by atoms with Crippen molar-refractivity contribution in [3.8, 4) is 17.1 Å². The molecule has 0 unspecified atom stereocenters. The second kappa shape index (κ2) is 7.96. The van der Waals surface area contributed by atoms with E-state index in [1.165, 1.54) is 24.8 Å². The second-order valence-electron chi connectivity index (χ2n) is 7.20. The van der Waals surface area contributed by atoms with Gasteiger partial charge in [0.25, 0.3) is 0 Å². The second-order valence-corrected chi connectivity index (χ2v) is 7.20. The van der Waals surface area contributed by atoms with Crippen molar-refractivity contribution in [1.82, 2.24) is 19.8 Å². The van der Waals surface area contributed by atoms with E-state index in [1.807, 2.05) is 42.2 Å². The zero-order chi connectivity index (χ0) is 18.6. The molecular weight excluding hydrogens is 340 g/mol. The highest BCUT2D eigenvalue weighted by molar-refractivity contribution is 5.58. The molecule has 1 fully saturated rings. The molecule has 1 atom stereocenters. The normalized spacial score (nSPS) is 18.4. The minimum atomic E-state index is 0.281. The summed E-state index contributed by atoms with van der Waals surface area (Å²) in [6.07, 6.45) is 8.86. The van der Waals surface area contributed by atoms with E-state index >= 15 is 0 Å². The van der Waals surface area contributed by atoms with Gasteiger partial charge in [-0.05, 0) is 43.7 Å². The molecule has 6 heteroatoms. The Hall–Kier alpha value is -2.60. The molecule has 1 aromatic carbocycles. The van der Waals surface area contributed by atoms with Gasteiger partial charge in [-0.1, -0.05) is 18.0 Å². The Bertz CT molecular complexity index is 868. The number of ether oxygens (including phenoxy) is 1. The topological polar surface area (TPSA) is 56.3 Å². The van der Waals surface area contributed by atoms with Crippen molar-refractivity contribution in [2.24, 2.45) is 7.05 Å². The molecule has 1 aliphatic heterocycles. The van der Waals surface area contributed by atoms with E-state index in [9.17, 15) is 0 Å². The molecule has 142 valence electrons. The fourth-order valence-corrected chi connectivity index (χ4v) is 3.82. The first kappa shape index (κ1) is 17.8. The van der Waals surface area contributed by atoms with Gasteiger partial charge in [-0.15, -0.1) is 0 Å². The lowest BCUT2D eigenvalue weighted by molar-refractivity contribution is 0.184. The molecule has 0 aliphatic carbocycles. The fraction of sp³-hybridized carbons (Fsp3) is 0.429. The number of likely N-dealkylation sites (tertiary alicyclic amines) is 1. The highest BCUT2D eigenvalue weighted by atomic mass is 16.5. The maximum atomic E-state index is 5.69. The van der Waals surface area contributed by atoms with Crippen molar-refractivity contribution in [2.45, 2.75) is 38.3 Å². The van der Waals surface area contributed by atoms with Crippen LogP contribution in [0.5, 0.6) is 5.75 Å². The summed E-state index contributed by atoms with van der Waals surface area (Å²) in [5.41, 5.74) is 3.27. The summed E-state index contributed by atoms with van der Waals surface area (Å²) in [4.78, 5) is 2.51. The minimum Gasteiger partial charge on any atom is -0.497 e. The lowest BCUT2D eigenvalue weighted by Gasteiger charge is -2.27. The fourth-order valence-electron chi connectivity index (χ4n) is 3.82. The zero-order valence-corrected chi connectivity index (χ0v) is 16.0. The summed E-state index contributed by atoms with van der Waals surface area (Å²) in [5, 5.41) is 8.74. The van der Waals surface area contributed by atoms with E-state index < -0.39 is 0 Å². The maximum absolute atomic E-state index is 5.69. The summed E-state index contributed by atoms with van der Waals surface area (Å²) in [7, 11) is 3.63. The highest BCUT2D eigenvalue weighted by Crippen LogP contribution is 2.33. The van der Waals surface area contributed by atoms with Crippen molar-refractivity contribution in [3.05, 3.63) is 54.0 Å². The molecule has 0 bridgehead atoms. The molecule has 0 N–H and O–H groups in total. The van der Waals surface area contributed by atoms with Gasteiger partial charge in [-0.25, -0.2) is 0 Å². The third-order valence-electron chi connectivity index (χ3n) is 5.25. The first-order valence-electron chi connectivity index (χ1n) is 9.55. The molecule has 2 aromatic heterocycles. The first-order chi connectivity index (χ1) is 13.2. The number of nitrogens with zero attached hydrogens (tertiary/aromatic N) is 4. The highest BCUT2D eigenvalue weighted by Gasteiger charge is 2.26. The Kier molecular flexibility index (Phi) is 5.25. The monoisotopic (exact) mass is 366 g/mol. The Morgan fingerprint density at radius 2 is 2.04 bits per heavy atom. The minimum absolute atomic E-state index is 0.281. The van der Waals surface area contributed by atoms with Crippen LogP contribution in [-0.4, -0.2) is 33.5 Å². The average molecular weight is 366 g/mol. The molecular formula is C21H26N4O2. The average Bonchev–Trinajstić information content (AvgIpc) is 3.27. The Morgan fingerprint density at radius 1 is 1.19 bits per heavy atom. The van der Waals surface area contributed by atoms with Gasteiger partial charge in [-0.2, -0.15) is 5.10 Å². The first-order valence-corrected chi connectivity index (χ1v) is 9.55. The van der Waals surface area contributed by atoms with Crippen LogP contribution in [0.15, 0.2) is 47.2 Å². The summed E-state index contributed by atoms with van der Waals surface area (Å²) in [6, 6.07) is 10.3. The van der Waals surface area contributed by atoms with E-state index in [1.54, 1.807) is 7.11 Å². The van der Waals surface area contributed by atoms with Crippen LogP contribution in [0.4, 0.5) is 0 Å². The largest absolute Gasteiger partial charge is 0.497 e. The number of hydrogen-bond donors (Lipinski definition) is 0. The third kappa shape index (κ3) is 4.06. The van der Waals surface area contributed by atoms with Crippen LogP contribution in [0.1, 0.15) is 43.0 Å². The summed E-state index contributed by atoms with van der Waals surface area (Å²) >= 11 is 0. The molecule has 4 rings (SSSR count). The quantitative estimate of drug-likeness (QED) is 0.677. The summed E-state index contributed by atoms with van der Waals surface area (Å²) < 4.78 is 12.8. The molecule has 3 heterocycles. The molecule has 1 aliphatic rings. The van der Waals surface area contributed by atoms with E-state index in [4.69, 9.17) is 9.26 Å². The number of aryl methyl sites for hydroxylation is 1.